The van der Waals surface area contributed by atoms with Crippen molar-refractivity contribution in [3.05, 3.63) is 0 Å². The summed E-state index contributed by atoms with van der Waals surface area (Å²) in [6.07, 6.45) is 1.77. The van der Waals surface area contributed by atoms with Gasteiger partial charge in [0, 0.05) is 6.54 Å². The Bertz CT molecular complexity index is 462. The van der Waals surface area contributed by atoms with Gasteiger partial charge in [0.2, 0.25) is 0 Å². The zero-order valence-corrected chi connectivity index (χ0v) is 12.6. The molecule has 7 nitrogen and oxygen atoms in total. The van der Waals surface area contributed by atoms with Gasteiger partial charge in [-0.25, -0.2) is 18.0 Å². The van der Waals surface area contributed by atoms with Crippen LogP contribution in [0.2, 0.25) is 0 Å². The first-order valence-electron chi connectivity index (χ1n) is 6.76. The van der Waals surface area contributed by atoms with Crippen molar-refractivity contribution in [2.24, 2.45) is 5.92 Å². The maximum atomic E-state index is 11.7. The summed E-state index contributed by atoms with van der Waals surface area (Å²) in [5, 5.41) is 13.3. The van der Waals surface area contributed by atoms with Crippen LogP contribution in [0, 0.1) is 5.92 Å². The number of carbonyl (C=O) groups is 2. The van der Waals surface area contributed by atoms with Crippen LogP contribution < -0.4 is 10.6 Å². The molecule has 1 fully saturated rings. The molecule has 1 heterocycles. The van der Waals surface area contributed by atoms with E-state index in [1.165, 1.54) is 0 Å². The molecule has 116 valence electrons. The summed E-state index contributed by atoms with van der Waals surface area (Å²) in [7, 11) is -3.11. The number of urea groups is 1. The van der Waals surface area contributed by atoms with Gasteiger partial charge >= 0.3 is 12.0 Å². The van der Waals surface area contributed by atoms with Crippen LogP contribution in [0.1, 0.15) is 33.1 Å². The van der Waals surface area contributed by atoms with E-state index < -0.39 is 33.1 Å². The van der Waals surface area contributed by atoms with E-state index in [4.69, 9.17) is 5.11 Å². The van der Waals surface area contributed by atoms with Crippen LogP contribution in [0.25, 0.3) is 0 Å². The van der Waals surface area contributed by atoms with Crippen molar-refractivity contribution in [1.29, 1.82) is 0 Å². The zero-order chi connectivity index (χ0) is 15.3. The van der Waals surface area contributed by atoms with Crippen LogP contribution in [0.5, 0.6) is 0 Å². The number of amides is 2. The minimum Gasteiger partial charge on any atom is -0.480 e. The number of carboxylic acid groups (broad SMARTS) is 1. The van der Waals surface area contributed by atoms with Gasteiger partial charge in [-0.2, -0.15) is 0 Å². The molecule has 0 aromatic carbocycles. The first-order valence-corrected chi connectivity index (χ1v) is 8.48. The predicted molar refractivity (Wildman–Crippen MR) is 74.2 cm³/mol. The molecule has 1 rings (SSSR count). The Morgan fingerprint density at radius 3 is 2.50 bits per heavy atom. The lowest BCUT2D eigenvalue weighted by atomic mass is 9.99. The lowest BCUT2D eigenvalue weighted by Crippen LogP contribution is -2.50. The van der Waals surface area contributed by atoms with Crippen LogP contribution in [0.3, 0.4) is 0 Å². The van der Waals surface area contributed by atoms with E-state index in [1.807, 2.05) is 6.92 Å². The monoisotopic (exact) mass is 306 g/mol. The maximum Gasteiger partial charge on any atom is 0.326 e. The molecule has 0 bridgehead atoms. The summed E-state index contributed by atoms with van der Waals surface area (Å²) in [5.74, 6) is -1.14. The molecule has 3 N–H and O–H groups in total. The Labute approximate surface area is 119 Å². The fraction of sp³-hybridized carbons (Fsp3) is 0.833. The van der Waals surface area contributed by atoms with Gasteiger partial charge in [0.05, 0.1) is 11.0 Å². The number of nitrogens with one attached hydrogen (secondary N) is 2. The highest BCUT2D eigenvalue weighted by Gasteiger charge is 2.32. The van der Waals surface area contributed by atoms with E-state index in [9.17, 15) is 18.0 Å². The zero-order valence-electron chi connectivity index (χ0n) is 11.8. The maximum absolute atomic E-state index is 11.7. The lowest BCUT2D eigenvalue weighted by molar-refractivity contribution is -0.140. The summed E-state index contributed by atoms with van der Waals surface area (Å²) in [5.41, 5.74) is 0. The van der Waals surface area contributed by atoms with E-state index in [0.29, 0.717) is 19.3 Å². The Balaban J connectivity index is 2.48. The highest BCUT2D eigenvalue weighted by atomic mass is 32.2. The van der Waals surface area contributed by atoms with Gasteiger partial charge in [-0.15, -0.1) is 0 Å². The Kier molecular flexibility index (Phi) is 5.79. The van der Waals surface area contributed by atoms with E-state index in [0.717, 1.165) is 0 Å². The summed E-state index contributed by atoms with van der Waals surface area (Å²) in [4.78, 5) is 22.7. The molecule has 1 saturated heterocycles. The fourth-order valence-corrected chi connectivity index (χ4v) is 3.93. The summed E-state index contributed by atoms with van der Waals surface area (Å²) < 4.78 is 23.2. The van der Waals surface area contributed by atoms with Gasteiger partial charge in [-0.3, -0.25) is 0 Å². The molecule has 1 aliphatic rings. The number of hydrogen-bond acceptors (Lipinski definition) is 4. The van der Waals surface area contributed by atoms with Crippen LogP contribution >= 0.6 is 0 Å². The third-order valence-electron chi connectivity index (χ3n) is 3.72. The van der Waals surface area contributed by atoms with Gasteiger partial charge in [0.1, 0.15) is 6.04 Å². The van der Waals surface area contributed by atoms with Crippen molar-refractivity contribution < 1.29 is 23.1 Å². The van der Waals surface area contributed by atoms with Gasteiger partial charge in [-0.05, 0) is 18.8 Å². The highest BCUT2D eigenvalue weighted by molar-refractivity contribution is 7.92. The van der Waals surface area contributed by atoms with Crippen molar-refractivity contribution in [3.8, 4) is 0 Å². The highest BCUT2D eigenvalue weighted by Crippen LogP contribution is 2.19. The van der Waals surface area contributed by atoms with E-state index in [2.05, 4.69) is 10.6 Å². The van der Waals surface area contributed by atoms with E-state index in [-0.39, 0.29) is 18.2 Å². The number of rotatable bonds is 6. The molecule has 0 saturated carbocycles. The molecule has 1 aliphatic heterocycles. The molecular weight excluding hydrogens is 284 g/mol. The van der Waals surface area contributed by atoms with Gasteiger partial charge in [0.25, 0.3) is 0 Å². The van der Waals surface area contributed by atoms with Crippen molar-refractivity contribution in [2.45, 2.75) is 44.4 Å². The van der Waals surface area contributed by atoms with Gasteiger partial charge in [0.15, 0.2) is 9.84 Å². The smallest absolute Gasteiger partial charge is 0.326 e. The Hall–Kier alpha value is -1.31. The van der Waals surface area contributed by atoms with Crippen molar-refractivity contribution in [1.82, 2.24) is 10.6 Å². The fourth-order valence-electron chi connectivity index (χ4n) is 2.17. The van der Waals surface area contributed by atoms with Crippen LogP contribution in [0.15, 0.2) is 0 Å². The number of hydrogen-bond donors (Lipinski definition) is 3. The van der Waals surface area contributed by atoms with Gasteiger partial charge in [-0.1, -0.05) is 20.3 Å². The first kappa shape index (κ1) is 16.7. The average Bonchev–Trinajstić information content (AvgIpc) is 2.71. The molecular formula is C12H22N2O5S. The molecule has 0 radical (unpaired) electrons. The van der Waals surface area contributed by atoms with Crippen LogP contribution in [-0.4, -0.2) is 49.1 Å². The molecule has 0 spiro atoms. The molecule has 0 aliphatic carbocycles. The standard InChI is InChI=1S/C12H22N2O5S/c1-3-8(2)10(11(15)16)14-12(17)13-7-9-5-4-6-20(9,18)19/h8-10H,3-7H2,1-2H3,(H,15,16)(H2,13,14,17)/t8-,9?,10-/m0/s1. The SMILES string of the molecule is CC[C@H](C)[C@H](NC(=O)NCC1CCCS1(=O)=O)C(=O)O. The number of sulfone groups is 1. The Morgan fingerprint density at radius 2 is 2.05 bits per heavy atom. The van der Waals surface area contributed by atoms with Crippen molar-refractivity contribution in [2.75, 3.05) is 12.3 Å². The quantitative estimate of drug-likeness (QED) is 0.656. The van der Waals surface area contributed by atoms with Crippen LogP contribution in [0.4, 0.5) is 4.79 Å². The van der Waals surface area contributed by atoms with Crippen molar-refractivity contribution >= 4 is 21.8 Å². The van der Waals surface area contributed by atoms with Crippen LogP contribution in [-0.2, 0) is 14.6 Å². The van der Waals surface area contributed by atoms with E-state index in [1.54, 1.807) is 6.92 Å². The topological polar surface area (TPSA) is 113 Å². The van der Waals surface area contributed by atoms with Crippen molar-refractivity contribution in [3.63, 3.8) is 0 Å². The molecule has 1 unspecified atom stereocenters. The second-order valence-corrected chi connectivity index (χ2v) is 7.59. The number of aliphatic carboxylic acids is 1. The lowest BCUT2D eigenvalue weighted by Gasteiger charge is -2.21. The minimum atomic E-state index is -3.11. The Morgan fingerprint density at radius 1 is 1.40 bits per heavy atom. The van der Waals surface area contributed by atoms with E-state index >= 15 is 0 Å². The number of carboxylic acids is 1. The normalized spacial score (nSPS) is 23.8. The summed E-state index contributed by atoms with van der Waals surface area (Å²) in [6, 6.07) is -1.61. The second-order valence-electron chi connectivity index (χ2n) is 5.19. The van der Waals surface area contributed by atoms with Gasteiger partial charge < -0.3 is 15.7 Å². The average molecular weight is 306 g/mol. The first-order chi connectivity index (χ1) is 9.27. The molecule has 20 heavy (non-hydrogen) atoms. The molecule has 8 heteroatoms. The second kappa shape index (κ2) is 6.92. The molecule has 3 atom stereocenters. The minimum absolute atomic E-state index is 0.0288. The summed E-state index contributed by atoms with van der Waals surface area (Å²) in [6.45, 7) is 3.60. The molecule has 0 aromatic rings. The third-order valence-corrected chi connectivity index (χ3v) is 5.99. The molecule has 0 aromatic heterocycles. The number of carbonyl (C=O) groups excluding carboxylic acids is 1. The molecule has 2 amide bonds. The summed E-state index contributed by atoms with van der Waals surface area (Å²) >= 11 is 0. The third kappa shape index (κ3) is 4.36. The predicted octanol–water partition coefficient (Wildman–Crippen LogP) is 0.362. The largest absolute Gasteiger partial charge is 0.480 e.